The second-order valence-electron chi connectivity index (χ2n) is 19.3. The SMILES string of the molecule is CC1(C)c2ccccc2Sc2cc3c(cc21)-c1cc2c(c4c1B(c1cccc5c1N4c1ccccc1[Si]5(C)C)N3c1ccc(-c3ccccc3)cc1)C(C)(C)c1ccccc1-2. The van der Waals surface area contributed by atoms with Gasteiger partial charge < -0.3 is 9.71 Å². The molecular weight excluding hydrogens is 772 g/mol. The Morgan fingerprint density at radius 2 is 1.18 bits per heavy atom. The van der Waals surface area contributed by atoms with Crippen LogP contribution in [0.3, 0.4) is 0 Å². The summed E-state index contributed by atoms with van der Waals surface area (Å²) in [6.07, 6.45) is 0. The average Bonchev–Trinajstić information content (AvgIpc) is 3.51. The van der Waals surface area contributed by atoms with Crippen molar-refractivity contribution in [3.63, 3.8) is 0 Å². The topological polar surface area (TPSA) is 6.48 Å². The van der Waals surface area contributed by atoms with Gasteiger partial charge in [0.2, 0.25) is 0 Å². The Balaban J connectivity index is 1.18. The minimum absolute atomic E-state index is 0.0434. The fraction of sp³-hybridized carbons (Fsp3) is 0.143. The van der Waals surface area contributed by atoms with E-state index < -0.39 is 8.07 Å². The standard InChI is InChI=1S/C56H45BN2SSi/c1-55(2)42-21-12-14-24-47(42)60-48-33-46-38(32-43(48)55)40-31-39-37-19-10-11-20-41(37)56(3,4)51(39)54-52(40)57(59(46)36-29-27-35(28-30-36)34-17-8-7-9-18-34)44-22-16-26-50-53(44)58(54)45-23-13-15-25-49(45)61(50,5)6/h7-33H,1-6H3. The van der Waals surface area contributed by atoms with E-state index in [0.29, 0.717) is 0 Å². The fourth-order valence-corrected chi connectivity index (χ4v) is 16.5. The summed E-state index contributed by atoms with van der Waals surface area (Å²) < 4.78 is 0. The van der Waals surface area contributed by atoms with Gasteiger partial charge in [-0.05, 0) is 114 Å². The van der Waals surface area contributed by atoms with E-state index in [-0.39, 0.29) is 17.7 Å². The zero-order valence-corrected chi connectivity index (χ0v) is 37.3. The molecule has 0 saturated heterocycles. The summed E-state index contributed by atoms with van der Waals surface area (Å²) in [6.45, 7) is 14.9. The first-order valence-electron chi connectivity index (χ1n) is 21.8. The minimum Gasteiger partial charge on any atom is -0.376 e. The number of hydrogen-bond acceptors (Lipinski definition) is 3. The van der Waals surface area contributed by atoms with Crippen LogP contribution in [0.2, 0.25) is 13.1 Å². The second-order valence-corrected chi connectivity index (χ2v) is 24.7. The van der Waals surface area contributed by atoms with Gasteiger partial charge in [0.1, 0.15) is 8.07 Å². The first-order chi connectivity index (χ1) is 29.5. The predicted octanol–water partition coefficient (Wildman–Crippen LogP) is 12.3. The number of hydrogen-bond donors (Lipinski definition) is 0. The molecule has 0 bridgehead atoms. The van der Waals surface area contributed by atoms with Crippen molar-refractivity contribution < 1.29 is 0 Å². The molecule has 0 N–H and O–H groups in total. The van der Waals surface area contributed by atoms with Gasteiger partial charge in [-0.3, -0.25) is 0 Å². The number of fused-ring (bicyclic) bond motifs is 12. The van der Waals surface area contributed by atoms with Crippen LogP contribution in [0.15, 0.2) is 174 Å². The molecule has 8 aromatic carbocycles. The smallest absolute Gasteiger partial charge is 0.333 e. The summed E-state index contributed by atoms with van der Waals surface area (Å²) in [7, 11) is -2.12. The van der Waals surface area contributed by atoms with Gasteiger partial charge in [0.15, 0.2) is 0 Å². The Morgan fingerprint density at radius 1 is 0.492 bits per heavy atom. The van der Waals surface area contributed by atoms with Gasteiger partial charge in [0, 0.05) is 54.6 Å². The van der Waals surface area contributed by atoms with Gasteiger partial charge in [-0.15, -0.1) is 0 Å². The molecule has 2 nitrogen and oxygen atoms in total. The molecule has 0 saturated carbocycles. The van der Waals surface area contributed by atoms with Crippen LogP contribution in [0.1, 0.15) is 49.9 Å². The highest BCUT2D eigenvalue weighted by atomic mass is 32.2. The van der Waals surface area contributed by atoms with Crippen molar-refractivity contribution >= 4 is 76.4 Å². The molecule has 0 aromatic heterocycles. The molecule has 292 valence electrons. The number of benzene rings is 8. The van der Waals surface area contributed by atoms with Crippen LogP contribution in [0, 0.1) is 0 Å². The Labute approximate surface area is 365 Å². The van der Waals surface area contributed by atoms with E-state index in [1.807, 2.05) is 11.8 Å². The molecule has 4 heterocycles. The zero-order chi connectivity index (χ0) is 41.2. The van der Waals surface area contributed by atoms with Crippen molar-refractivity contribution in [1.82, 2.24) is 0 Å². The van der Waals surface area contributed by atoms with Crippen molar-refractivity contribution in [2.75, 3.05) is 9.71 Å². The van der Waals surface area contributed by atoms with Crippen LogP contribution in [-0.4, -0.2) is 14.9 Å². The highest BCUT2D eigenvalue weighted by Gasteiger charge is 2.53. The predicted molar refractivity (Wildman–Crippen MR) is 263 cm³/mol. The molecule has 0 unspecified atom stereocenters. The molecule has 0 amide bonds. The van der Waals surface area contributed by atoms with Crippen LogP contribution in [0.5, 0.6) is 0 Å². The van der Waals surface area contributed by atoms with Crippen molar-refractivity contribution in [3.05, 3.63) is 186 Å². The first kappa shape index (κ1) is 35.7. The maximum atomic E-state index is 2.75. The lowest BCUT2D eigenvalue weighted by molar-refractivity contribution is 0.607. The lowest BCUT2D eigenvalue weighted by atomic mass is 9.42. The quantitative estimate of drug-likeness (QED) is 0.161. The number of anilines is 5. The molecule has 5 aliphatic rings. The van der Waals surface area contributed by atoms with Crippen LogP contribution in [-0.2, 0) is 10.8 Å². The first-order valence-corrected chi connectivity index (χ1v) is 25.6. The van der Waals surface area contributed by atoms with Crippen LogP contribution in [0.4, 0.5) is 28.4 Å². The summed E-state index contributed by atoms with van der Waals surface area (Å²) >= 11 is 1.94. The van der Waals surface area contributed by atoms with Crippen molar-refractivity contribution in [2.24, 2.45) is 0 Å². The normalized spacial score (nSPS) is 16.9. The van der Waals surface area contributed by atoms with E-state index in [4.69, 9.17) is 0 Å². The largest absolute Gasteiger partial charge is 0.376 e. The molecule has 13 rings (SSSR count). The van der Waals surface area contributed by atoms with E-state index in [1.165, 1.54) is 115 Å². The van der Waals surface area contributed by atoms with Crippen LogP contribution < -0.4 is 31.0 Å². The molecule has 1 aliphatic carbocycles. The molecule has 5 heteroatoms. The Bertz CT molecular complexity index is 3220. The Kier molecular flexibility index (Phi) is 7.08. The molecule has 4 aliphatic heterocycles. The summed E-state index contributed by atoms with van der Waals surface area (Å²) in [5, 5.41) is 3.03. The fourth-order valence-electron chi connectivity index (χ4n) is 12.1. The summed E-state index contributed by atoms with van der Waals surface area (Å²) in [5.74, 6) is 0. The maximum absolute atomic E-state index is 2.75. The minimum atomic E-state index is -2.12. The van der Waals surface area contributed by atoms with E-state index in [2.05, 4.69) is 214 Å². The lowest BCUT2D eigenvalue weighted by Crippen LogP contribution is -2.68. The van der Waals surface area contributed by atoms with E-state index >= 15 is 0 Å². The van der Waals surface area contributed by atoms with Gasteiger partial charge in [0.05, 0.1) is 0 Å². The van der Waals surface area contributed by atoms with Gasteiger partial charge >= 0.3 is 6.85 Å². The number of para-hydroxylation sites is 2. The molecule has 8 aromatic rings. The van der Waals surface area contributed by atoms with E-state index in [1.54, 1.807) is 0 Å². The summed E-state index contributed by atoms with van der Waals surface area (Å²) in [4.78, 5) is 8.18. The monoisotopic (exact) mass is 816 g/mol. The highest BCUT2D eigenvalue weighted by Crippen LogP contribution is 2.60. The second kappa shape index (κ2) is 12.1. The third kappa shape index (κ3) is 4.56. The van der Waals surface area contributed by atoms with Gasteiger partial charge in [-0.1, -0.05) is 174 Å². The Hall–Kier alpha value is -6.01. The molecular formula is C56H45BN2SSi. The van der Waals surface area contributed by atoms with Gasteiger partial charge in [0.25, 0.3) is 0 Å². The molecule has 61 heavy (non-hydrogen) atoms. The summed E-state index contributed by atoms with van der Waals surface area (Å²) in [5.41, 5.74) is 22.6. The van der Waals surface area contributed by atoms with Crippen LogP contribution in [0.25, 0.3) is 33.4 Å². The van der Waals surface area contributed by atoms with Gasteiger partial charge in [-0.2, -0.15) is 0 Å². The van der Waals surface area contributed by atoms with Crippen molar-refractivity contribution in [2.45, 2.75) is 61.4 Å². The number of nitrogens with zero attached hydrogens (tertiary/aromatic N) is 2. The van der Waals surface area contributed by atoms with Crippen molar-refractivity contribution in [1.29, 1.82) is 0 Å². The molecule has 0 spiro atoms. The average molecular weight is 817 g/mol. The third-order valence-electron chi connectivity index (χ3n) is 15.0. The summed E-state index contributed by atoms with van der Waals surface area (Å²) in [6, 6.07) is 62.9. The van der Waals surface area contributed by atoms with E-state index in [0.717, 1.165) is 0 Å². The van der Waals surface area contributed by atoms with E-state index in [9.17, 15) is 0 Å². The molecule has 0 radical (unpaired) electrons. The third-order valence-corrected chi connectivity index (χ3v) is 19.7. The molecule has 0 fully saturated rings. The zero-order valence-electron chi connectivity index (χ0n) is 35.5. The number of rotatable bonds is 2. The maximum Gasteiger partial charge on any atom is 0.333 e. The van der Waals surface area contributed by atoms with Crippen LogP contribution >= 0.6 is 11.8 Å². The van der Waals surface area contributed by atoms with Gasteiger partial charge in [-0.25, -0.2) is 0 Å². The highest BCUT2D eigenvalue weighted by molar-refractivity contribution is 7.99. The Morgan fingerprint density at radius 3 is 2.00 bits per heavy atom. The lowest BCUT2D eigenvalue weighted by Gasteiger charge is -2.51. The molecule has 0 atom stereocenters. The van der Waals surface area contributed by atoms with Crippen molar-refractivity contribution in [3.8, 4) is 33.4 Å².